The Morgan fingerprint density at radius 1 is 0.200 bits per heavy atom. The Bertz CT molecular complexity index is 963. The van der Waals surface area contributed by atoms with Crippen molar-refractivity contribution in [3.8, 4) is 0 Å². The first-order valence-electron chi connectivity index (χ1n) is 25.2. The Kier molecular flexibility index (Phi) is 50.2. The second-order valence-corrected chi connectivity index (χ2v) is 17.5. The zero-order valence-corrected chi connectivity index (χ0v) is 43.2. The fourth-order valence-electron chi connectivity index (χ4n) is 5.86. The lowest BCUT2D eigenvalue weighted by Crippen LogP contribution is -2.37. The van der Waals surface area contributed by atoms with Crippen molar-refractivity contribution in [3.05, 3.63) is 0 Å². The molecule has 0 heterocycles. The molecule has 0 saturated carbocycles. The van der Waals surface area contributed by atoms with Crippen LogP contribution in [0.3, 0.4) is 0 Å². The van der Waals surface area contributed by atoms with Gasteiger partial charge in [-0.1, -0.05) is 0 Å². The lowest BCUT2D eigenvalue weighted by Gasteiger charge is -2.27. The van der Waals surface area contributed by atoms with Crippen molar-refractivity contribution in [2.24, 2.45) is 0 Å². The van der Waals surface area contributed by atoms with Crippen molar-refractivity contribution in [2.45, 2.75) is 111 Å². The summed E-state index contributed by atoms with van der Waals surface area (Å²) >= 11 is 0. The van der Waals surface area contributed by atoms with E-state index in [0.29, 0.717) is 12.8 Å². The largest absolute Gasteiger partial charge is 0.394 e. The van der Waals surface area contributed by atoms with Gasteiger partial charge in [0.15, 0.2) is 0 Å². The normalized spacial score (nSPS) is 17.9. The first-order chi connectivity index (χ1) is 36.2. The van der Waals surface area contributed by atoms with Crippen molar-refractivity contribution >= 4 is 0 Å². The third-order valence-electron chi connectivity index (χ3n) is 10.1. The third-order valence-corrected chi connectivity index (χ3v) is 10.1. The molecule has 0 spiro atoms. The zero-order chi connectivity index (χ0) is 55.9. The van der Waals surface area contributed by atoms with Gasteiger partial charge < -0.3 is 143 Å². The van der Waals surface area contributed by atoms with Gasteiger partial charge in [-0.05, 0) is 25.7 Å². The molecule has 0 saturated heterocycles. The van der Waals surface area contributed by atoms with Gasteiger partial charge in [0.25, 0.3) is 0 Å². The van der Waals surface area contributed by atoms with Crippen LogP contribution in [0.15, 0.2) is 0 Å². The second kappa shape index (κ2) is 51.0. The number of hydrogen-bond donors (Lipinski definition) is 16. The summed E-state index contributed by atoms with van der Waals surface area (Å²) in [7, 11) is 0. The van der Waals surface area contributed by atoms with Crippen LogP contribution < -0.4 is 0 Å². The predicted octanol–water partition coefficient (Wildman–Crippen LogP) is -8.20. The Labute approximate surface area is 438 Å². The van der Waals surface area contributed by atoms with E-state index < -0.39 is 138 Å². The van der Waals surface area contributed by atoms with Crippen molar-refractivity contribution in [2.75, 3.05) is 185 Å². The van der Waals surface area contributed by atoms with Crippen LogP contribution in [-0.2, 0) is 61.6 Å². The van der Waals surface area contributed by atoms with E-state index in [1.54, 1.807) is 0 Å². The average molecular weight is 1110 g/mol. The molecule has 16 N–H and O–H groups in total. The van der Waals surface area contributed by atoms with Crippen LogP contribution in [0.1, 0.15) is 25.7 Å². The molecular formula is C46H94O29. The van der Waals surface area contributed by atoms with E-state index in [1.807, 2.05) is 0 Å². The summed E-state index contributed by atoms with van der Waals surface area (Å²) < 4.78 is 75.5. The quantitative estimate of drug-likeness (QED) is 0.0252. The Morgan fingerprint density at radius 3 is 0.653 bits per heavy atom. The van der Waals surface area contributed by atoms with Gasteiger partial charge in [-0.15, -0.1) is 0 Å². The number of hydrogen-bond acceptors (Lipinski definition) is 29. The molecule has 0 rings (SSSR count). The number of ether oxygens (including phenoxy) is 13. The Balaban J connectivity index is 6.39. The highest BCUT2D eigenvalue weighted by Crippen LogP contribution is 2.13. The molecule has 0 aliphatic heterocycles. The number of aliphatic hydroxyl groups is 16. The van der Waals surface area contributed by atoms with Gasteiger partial charge in [0.1, 0.15) is 73.2 Å². The van der Waals surface area contributed by atoms with E-state index in [0.717, 1.165) is 0 Å². The highest BCUT2D eigenvalue weighted by atomic mass is 16.6. The predicted molar refractivity (Wildman–Crippen MR) is 257 cm³/mol. The summed E-state index contributed by atoms with van der Waals surface area (Å²) in [6.45, 7) is -7.23. The molecule has 0 aromatic rings. The second-order valence-electron chi connectivity index (χ2n) is 17.5. The minimum Gasteiger partial charge on any atom is -0.394 e. The summed E-state index contributed by atoms with van der Waals surface area (Å²) in [5, 5.41) is 152. The molecule has 0 amide bonds. The molecule has 0 aliphatic rings. The van der Waals surface area contributed by atoms with Crippen LogP contribution in [0.25, 0.3) is 0 Å². The van der Waals surface area contributed by atoms with Crippen LogP contribution >= 0.6 is 0 Å². The summed E-state index contributed by atoms with van der Waals surface area (Å²) in [4.78, 5) is 0. The fourth-order valence-corrected chi connectivity index (χ4v) is 5.86. The maximum Gasteiger partial charge on any atom is 0.104 e. The van der Waals surface area contributed by atoms with E-state index in [9.17, 15) is 81.7 Å². The first kappa shape index (κ1) is 73.8. The van der Waals surface area contributed by atoms with E-state index in [1.165, 1.54) is 0 Å². The molecule has 0 fully saturated rings. The van der Waals surface area contributed by atoms with Gasteiger partial charge in [-0.25, -0.2) is 0 Å². The van der Waals surface area contributed by atoms with Gasteiger partial charge in [0.2, 0.25) is 0 Å². The maximum atomic E-state index is 9.91. The lowest BCUT2D eigenvalue weighted by molar-refractivity contribution is -0.143. The molecular weight excluding hydrogens is 1020 g/mol. The summed E-state index contributed by atoms with van der Waals surface area (Å²) in [5.74, 6) is 0. The third kappa shape index (κ3) is 44.3. The fraction of sp³-hybridized carbons (Fsp3) is 1.00. The monoisotopic (exact) mass is 1110 g/mol. The summed E-state index contributed by atoms with van der Waals surface area (Å²) in [5.41, 5.74) is 0. The smallest absolute Gasteiger partial charge is 0.104 e. The summed E-state index contributed by atoms with van der Waals surface area (Å²) in [6, 6.07) is 0. The minimum atomic E-state index is -1.17. The van der Waals surface area contributed by atoms with Crippen LogP contribution in [0, 0.1) is 0 Å². The Hall–Kier alpha value is -1.16. The van der Waals surface area contributed by atoms with Crippen molar-refractivity contribution in [1.82, 2.24) is 0 Å². The van der Waals surface area contributed by atoms with E-state index in [-0.39, 0.29) is 145 Å². The molecule has 10 unspecified atom stereocenters. The van der Waals surface area contributed by atoms with Gasteiger partial charge in [-0.3, -0.25) is 0 Å². The molecule has 0 bridgehead atoms. The van der Waals surface area contributed by atoms with Gasteiger partial charge in [0, 0.05) is 13.2 Å². The molecule has 0 radical (unpaired) electrons. The standard InChI is InChI=1S/C46H94O29/c47-7-33(55)3-1-4-41(22-63-15-34(56)8-48)72-29-45(30-73-42(23-64-16-35(57)9-49)24-65-17-36(58)10-50)70-5-2-6-71-46(31-74-43(25-66-18-37(59)11-51)26-67-19-38(60)12-52)32-75-44(27-68-20-39(61)13-53)28-69-21-40(62)14-54/h33-62H,1-32H2. The van der Waals surface area contributed by atoms with Gasteiger partial charge in [0.05, 0.1) is 184 Å². The topological polar surface area (TPSA) is 444 Å². The van der Waals surface area contributed by atoms with Crippen LogP contribution in [0.4, 0.5) is 0 Å². The first-order valence-corrected chi connectivity index (χ1v) is 25.2. The van der Waals surface area contributed by atoms with E-state index in [2.05, 4.69) is 0 Å². The molecule has 75 heavy (non-hydrogen) atoms. The van der Waals surface area contributed by atoms with Crippen molar-refractivity contribution in [3.63, 3.8) is 0 Å². The van der Waals surface area contributed by atoms with Crippen LogP contribution in [-0.4, -0.2) is 352 Å². The van der Waals surface area contributed by atoms with Gasteiger partial charge in [-0.2, -0.15) is 0 Å². The molecule has 0 aliphatic carbocycles. The Morgan fingerprint density at radius 2 is 0.413 bits per heavy atom. The lowest BCUT2D eigenvalue weighted by atomic mass is 10.1. The van der Waals surface area contributed by atoms with Crippen LogP contribution in [0.5, 0.6) is 0 Å². The molecule has 452 valence electrons. The van der Waals surface area contributed by atoms with E-state index >= 15 is 0 Å². The van der Waals surface area contributed by atoms with Gasteiger partial charge >= 0.3 is 0 Å². The SMILES string of the molecule is OCC(O)CCCC(COCC(O)CO)OCC(COC(COCC(O)CO)COCC(O)CO)OCCCOC(COC(COCC(O)CO)COCC(O)CO)COC(COCC(O)CO)COCC(O)CO. The van der Waals surface area contributed by atoms with Crippen molar-refractivity contribution < 1.29 is 143 Å². The highest BCUT2D eigenvalue weighted by molar-refractivity contribution is 4.69. The zero-order valence-electron chi connectivity index (χ0n) is 43.2. The molecule has 10 atom stereocenters. The maximum absolute atomic E-state index is 9.91. The molecule has 29 nitrogen and oxygen atoms in total. The average Bonchev–Trinajstić information content (AvgIpc) is 3.41. The molecule has 29 heteroatoms. The summed E-state index contributed by atoms with van der Waals surface area (Å²) in [6.07, 6.45) is -12.6. The number of aliphatic hydroxyl groups excluding tert-OH is 16. The molecule has 0 aromatic heterocycles. The number of rotatable bonds is 58. The minimum absolute atomic E-state index is 0.0213. The highest BCUT2D eigenvalue weighted by Gasteiger charge is 2.23. The molecule has 0 aromatic carbocycles. The van der Waals surface area contributed by atoms with Crippen molar-refractivity contribution in [1.29, 1.82) is 0 Å². The van der Waals surface area contributed by atoms with E-state index in [4.69, 9.17) is 61.6 Å². The van der Waals surface area contributed by atoms with Crippen LogP contribution in [0.2, 0.25) is 0 Å².